The zero-order valence-corrected chi connectivity index (χ0v) is 14.6. The molecule has 0 spiro atoms. The van der Waals surface area contributed by atoms with E-state index in [0.29, 0.717) is 10.8 Å². The maximum atomic E-state index is 12.1. The Balaban J connectivity index is 1.84. The van der Waals surface area contributed by atoms with Gasteiger partial charge in [-0.3, -0.25) is 4.79 Å². The Labute approximate surface area is 146 Å². The van der Waals surface area contributed by atoms with Crippen LogP contribution in [0.5, 0.6) is 5.75 Å². The van der Waals surface area contributed by atoms with Gasteiger partial charge in [-0.1, -0.05) is 23.7 Å². The first kappa shape index (κ1) is 18.3. The number of benzene rings is 2. The van der Waals surface area contributed by atoms with Gasteiger partial charge in [-0.25, -0.2) is 8.42 Å². The molecule has 5 nitrogen and oxygen atoms in total. The van der Waals surface area contributed by atoms with Crippen molar-refractivity contribution in [2.24, 2.45) is 0 Å². The summed E-state index contributed by atoms with van der Waals surface area (Å²) in [5.74, 6) is -0.168. The normalized spacial score (nSPS) is 11.1. The minimum atomic E-state index is -3.54. The Hall–Kier alpha value is -2.05. The summed E-state index contributed by atoms with van der Waals surface area (Å²) in [6.07, 6.45) is -0.207. The summed E-state index contributed by atoms with van der Waals surface area (Å²) in [5.41, 5.74) is 0.796. The van der Waals surface area contributed by atoms with Crippen LogP contribution in [0.2, 0.25) is 5.02 Å². The lowest BCUT2D eigenvalue weighted by atomic mass is 10.2. The summed E-state index contributed by atoms with van der Waals surface area (Å²) >= 11 is 5.73. The van der Waals surface area contributed by atoms with Crippen LogP contribution in [0.1, 0.15) is 12.0 Å². The van der Waals surface area contributed by atoms with E-state index in [1.807, 2.05) is 0 Å². The van der Waals surface area contributed by atoms with Gasteiger partial charge in [0.15, 0.2) is 9.84 Å². The van der Waals surface area contributed by atoms with Gasteiger partial charge < -0.3 is 9.47 Å². The van der Waals surface area contributed by atoms with E-state index in [4.69, 9.17) is 21.1 Å². The first-order valence-corrected chi connectivity index (χ1v) is 9.20. The number of rotatable bonds is 7. The van der Waals surface area contributed by atoms with Crippen LogP contribution in [-0.2, 0) is 26.0 Å². The van der Waals surface area contributed by atoms with Gasteiger partial charge in [-0.2, -0.15) is 0 Å². The Bertz CT molecular complexity index is 783. The molecule has 0 bridgehead atoms. The van der Waals surface area contributed by atoms with Crippen molar-refractivity contribution in [3.8, 4) is 5.75 Å². The van der Waals surface area contributed by atoms with Gasteiger partial charge in [0.25, 0.3) is 0 Å². The number of sulfone groups is 1. The highest BCUT2D eigenvalue weighted by Gasteiger charge is 2.17. The van der Waals surface area contributed by atoms with E-state index < -0.39 is 15.8 Å². The van der Waals surface area contributed by atoms with Crippen molar-refractivity contribution in [2.75, 3.05) is 12.9 Å². The van der Waals surface area contributed by atoms with Crippen LogP contribution in [-0.4, -0.2) is 27.2 Å². The van der Waals surface area contributed by atoms with Crippen molar-refractivity contribution in [2.45, 2.75) is 17.9 Å². The van der Waals surface area contributed by atoms with Gasteiger partial charge in [0, 0.05) is 5.02 Å². The number of ether oxygens (including phenoxy) is 2. The van der Waals surface area contributed by atoms with Crippen LogP contribution in [0.15, 0.2) is 53.4 Å². The van der Waals surface area contributed by atoms with E-state index in [9.17, 15) is 13.2 Å². The molecule has 2 aromatic rings. The topological polar surface area (TPSA) is 69.7 Å². The highest BCUT2D eigenvalue weighted by Crippen LogP contribution is 2.16. The molecular formula is C17H17ClO5S. The molecule has 0 radical (unpaired) electrons. The van der Waals surface area contributed by atoms with Crippen molar-refractivity contribution < 1.29 is 22.7 Å². The predicted molar refractivity (Wildman–Crippen MR) is 90.9 cm³/mol. The number of halogens is 1. The van der Waals surface area contributed by atoms with Crippen LogP contribution in [0.4, 0.5) is 0 Å². The number of hydrogen-bond donors (Lipinski definition) is 0. The van der Waals surface area contributed by atoms with Gasteiger partial charge in [0.1, 0.15) is 12.4 Å². The molecule has 2 rings (SSSR count). The first-order chi connectivity index (χ1) is 11.4. The van der Waals surface area contributed by atoms with E-state index in [2.05, 4.69) is 0 Å². The fraction of sp³-hybridized carbons (Fsp3) is 0.235. The fourth-order valence-electron chi connectivity index (χ4n) is 1.94. The Kier molecular flexibility index (Phi) is 6.23. The molecule has 0 aliphatic heterocycles. The lowest BCUT2D eigenvalue weighted by molar-refractivity contribution is -0.144. The van der Waals surface area contributed by atoms with E-state index >= 15 is 0 Å². The number of carbonyl (C=O) groups excluding carboxylic acids is 1. The van der Waals surface area contributed by atoms with Gasteiger partial charge in [0.05, 0.1) is 24.2 Å². The third kappa shape index (κ3) is 5.25. The van der Waals surface area contributed by atoms with Crippen molar-refractivity contribution in [3.05, 3.63) is 59.1 Å². The van der Waals surface area contributed by atoms with Gasteiger partial charge in [-0.05, 0) is 42.0 Å². The molecule has 0 aliphatic carbocycles. The second-order valence-corrected chi connectivity index (χ2v) is 7.58. The second-order valence-electron chi connectivity index (χ2n) is 5.03. The SMILES string of the molecule is COc1ccc(COC(=O)CCS(=O)(=O)c2ccc(Cl)cc2)cc1. The monoisotopic (exact) mass is 368 g/mol. The summed E-state index contributed by atoms with van der Waals surface area (Å²) < 4.78 is 34.4. The highest BCUT2D eigenvalue weighted by atomic mass is 35.5. The molecular weight excluding hydrogens is 352 g/mol. The molecule has 0 fully saturated rings. The van der Waals surface area contributed by atoms with Gasteiger partial charge in [0.2, 0.25) is 0 Å². The average molecular weight is 369 g/mol. The maximum absolute atomic E-state index is 12.1. The van der Waals surface area contributed by atoms with Crippen LogP contribution < -0.4 is 4.74 Å². The van der Waals surface area contributed by atoms with E-state index in [1.54, 1.807) is 31.4 Å². The van der Waals surface area contributed by atoms with E-state index in [0.717, 1.165) is 5.56 Å². The van der Waals surface area contributed by atoms with Crippen LogP contribution >= 0.6 is 11.6 Å². The van der Waals surface area contributed by atoms with Gasteiger partial charge in [-0.15, -0.1) is 0 Å². The van der Waals surface area contributed by atoms with E-state index in [-0.39, 0.29) is 23.7 Å². The van der Waals surface area contributed by atoms with Gasteiger partial charge >= 0.3 is 5.97 Å². The molecule has 0 unspecified atom stereocenters. The van der Waals surface area contributed by atoms with Crippen LogP contribution in [0.25, 0.3) is 0 Å². The quantitative estimate of drug-likeness (QED) is 0.701. The van der Waals surface area contributed by atoms with Crippen LogP contribution in [0.3, 0.4) is 0 Å². The van der Waals surface area contributed by atoms with Crippen LogP contribution in [0, 0.1) is 0 Å². The molecule has 0 N–H and O–H groups in total. The summed E-state index contributed by atoms with van der Waals surface area (Å²) in [7, 11) is -1.97. The summed E-state index contributed by atoms with van der Waals surface area (Å²) in [6.45, 7) is 0.0871. The molecule has 0 atom stereocenters. The number of esters is 1. The predicted octanol–water partition coefficient (Wildman–Crippen LogP) is 3.26. The third-order valence-electron chi connectivity index (χ3n) is 3.31. The zero-order chi connectivity index (χ0) is 17.6. The average Bonchev–Trinajstić information content (AvgIpc) is 2.59. The molecule has 0 aromatic heterocycles. The first-order valence-electron chi connectivity index (χ1n) is 7.17. The van der Waals surface area contributed by atoms with Crippen molar-refractivity contribution >= 4 is 27.4 Å². The summed E-state index contributed by atoms with van der Waals surface area (Å²) in [6, 6.07) is 12.9. The molecule has 0 heterocycles. The molecule has 128 valence electrons. The molecule has 2 aromatic carbocycles. The molecule has 7 heteroatoms. The highest BCUT2D eigenvalue weighted by molar-refractivity contribution is 7.91. The minimum absolute atomic E-state index is 0.0871. The smallest absolute Gasteiger partial charge is 0.307 e. The fourth-order valence-corrected chi connectivity index (χ4v) is 3.28. The largest absolute Gasteiger partial charge is 0.497 e. The Morgan fingerprint density at radius 2 is 1.67 bits per heavy atom. The number of methoxy groups -OCH3 is 1. The number of hydrogen-bond acceptors (Lipinski definition) is 5. The Morgan fingerprint density at radius 1 is 1.04 bits per heavy atom. The Morgan fingerprint density at radius 3 is 2.25 bits per heavy atom. The lowest BCUT2D eigenvalue weighted by Crippen LogP contribution is -2.13. The van der Waals surface area contributed by atoms with E-state index in [1.165, 1.54) is 24.3 Å². The number of carbonyl (C=O) groups is 1. The molecule has 0 saturated carbocycles. The summed E-state index contributed by atoms with van der Waals surface area (Å²) in [4.78, 5) is 11.9. The molecule has 0 aliphatic rings. The maximum Gasteiger partial charge on any atom is 0.307 e. The zero-order valence-electron chi connectivity index (χ0n) is 13.1. The molecule has 0 saturated heterocycles. The second kappa shape index (κ2) is 8.17. The third-order valence-corrected chi connectivity index (χ3v) is 5.29. The summed E-state index contributed by atoms with van der Waals surface area (Å²) in [5, 5.41) is 0.452. The van der Waals surface area contributed by atoms with Crippen molar-refractivity contribution in [3.63, 3.8) is 0 Å². The van der Waals surface area contributed by atoms with Crippen molar-refractivity contribution in [1.82, 2.24) is 0 Å². The molecule has 0 amide bonds. The lowest BCUT2D eigenvalue weighted by Gasteiger charge is -2.07. The minimum Gasteiger partial charge on any atom is -0.497 e. The van der Waals surface area contributed by atoms with Crippen molar-refractivity contribution in [1.29, 1.82) is 0 Å². The standard InChI is InChI=1S/C17H17ClO5S/c1-22-15-6-2-13(3-7-15)12-23-17(19)10-11-24(20,21)16-8-4-14(18)5-9-16/h2-9H,10-12H2,1H3. The molecule has 24 heavy (non-hydrogen) atoms.